The first-order valence-electron chi connectivity index (χ1n) is 11.4. The molecule has 36 heavy (non-hydrogen) atoms. The van der Waals surface area contributed by atoms with Crippen molar-refractivity contribution in [3.8, 4) is 16.9 Å². The molecule has 0 saturated carbocycles. The zero-order valence-electron chi connectivity index (χ0n) is 19.6. The van der Waals surface area contributed by atoms with Gasteiger partial charge in [-0.2, -0.15) is 17.2 Å². The molecule has 0 unspecified atom stereocenters. The summed E-state index contributed by atoms with van der Waals surface area (Å²) < 4.78 is 16.2. The van der Waals surface area contributed by atoms with Gasteiger partial charge in [0.25, 0.3) is 0 Å². The number of fused-ring (bicyclic) bond motifs is 2. The van der Waals surface area contributed by atoms with Crippen molar-refractivity contribution in [2.75, 3.05) is 0 Å². The molecule has 0 aliphatic heterocycles. The Labute approximate surface area is 223 Å². The van der Waals surface area contributed by atoms with Crippen LogP contribution in [-0.2, 0) is 26.5 Å². The van der Waals surface area contributed by atoms with Crippen LogP contribution in [0.25, 0.3) is 38.6 Å². The Hall–Kier alpha value is -3.69. The molecule has 0 aliphatic carbocycles. The second-order valence-corrected chi connectivity index (χ2v) is 8.98. The van der Waals surface area contributed by atoms with Crippen LogP contribution in [0.15, 0.2) is 91.1 Å². The Morgan fingerprint density at radius 2 is 1.61 bits per heavy atom. The molecule has 178 valence electrons. The quantitative estimate of drug-likeness (QED) is 0.158. The van der Waals surface area contributed by atoms with Crippen LogP contribution in [0.3, 0.4) is 0 Å². The maximum atomic E-state index is 14.6. The topological polar surface area (TPSA) is 43.6 Å². The van der Waals surface area contributed by atoms with Crippen LogP contribution < -0.4 is 0 Å². The van der Waals surface area contributed by atoms with Crippen molar-refractivity contribution in [2.45, 2.75) is 19.3 Å². The summed E-state index contributed by atoms with van der Waals surface area (Å²) in [4.78, 5) is 8.86. The SMILES string of the molecule is CC(C)(c1cccc(-c2[c-]ccc3ccccc23)n1)c1nn(-c2[c-]ccnc2F)c2ccccc12.[Pt+2]. The van der Waals surface area contributed by atoms with Crippen LogP contribution in [0.1, 0.15) is 25.2 Å². The van der Waals surface area contributed by atoms with Crippen molar-refractivity contribution in [2.24, 2.45) is 0 Å². The molecule has 3 heterocycles. The van der Waals surface area contributed by atoms with Crippen LogP contribution in [0.5, 0.6) is 0 Å². The summed E-state index contributed by atoms with van der Waals surface area (Å²) in [6.45, 7) is 4.18. The standard InChI is InChI=1S/C30H21FN4.Pt/c1-30(2,27-18-8-15-24(33-27)22-14-7-11-20-10-3-4-12-21(20)22)28-23-13-5-6-16-25(23)35(34-28)26-17-9-19-32-29(26)31;/h3-13,15-16,18-19H,1-2H3;/q-2;+2. The molecule has 0 N–H and O–H groups in total. The van der Waals surface area contributed by atoms with Crippen LogP contribution >= 0.6 is 0 Å². The minimum absolute atomic E-state index is 0. The summed E-state index contributed by atoms with van der Waals surface area (Å²) in [5.74, 6) is -0.614. The fraction of sp³-hybridized carbons (Fsp3) is 0.100. The summed E-state index contributed by atoms with van der Waals surface area (Å²) >= 11 is 0. The Bertz CT molecular complexity index is 1700. The molecule has 3 aromatic carbocycles. The van der Waals surface area contributed by atoms with E-state index in [1.54, 1.807) is 10.7 Å². The Morgan fingerprint density at radius 3 is 2.44 bits per heavy atom. The number of para-hydroxylation sites is 1. The van der Waals surface area contributed by atoms with Gasteiger partial charge < -0.3 is 9.97 Å². The largest absolute Gasteiger partial charge is 2.00 e. The molecule has 0 amide bonds. The zero-order chi connectivity index (χ0) is 24.0. The molecular formula is C30H21FN4Pt. The number of halogens is 1. The maximum absolute atomic E-state index is 14.6. The molecule has 0 spiro atoms. The van der Waals surface area contributed by atoms with Gasteiger partial charge in [-0.1, -0.05) is 66.2 Å². The number of benzene rings is 3. The third kappa shape index (κ3) is 3.94. The Kier molecular flexibility index (Phi) is 6.27. The average Bonchev–Trinajstić information content (AvgIpc) is 3.29. The molecule has 0 fully saturated rings. The molecule has 3 aromatic heterocycles. The van der Waals surface area contributed by atoms with E-state index >= 15 is 0 Å². The van der Waals surface area contributed by atoms with Crippen LogP contribution in [0, 0.1) is 18.1 Å². The summed E-state index contributed by atoms with van der Waals surface area (Å²) in [5, 5.41) is 8.06. The van der Waals surface area contributed by atoms with Gasteiger partial charge in [0.1, 0.15) is 5.95 Å². The van der Waals surface area contributed by atoms with Gasteiger partial charge in [-0.05, 0) is 31.7 Å². The molecule has 0 radical (unpaired) electrons. The summed E-state index contributed by atoms with van der Waals surface area (Å²) in [5.41, 5.74) is 3.89. The van der Waals surface area contributed by atoms with Crippen molar-refractivity contribution in [3.63, 3.8) is 0 Å². The minimum Gasteiger partial charge on any atom is -0.356 e. The zero-order valence-corrected chi connectivity index (χ0v) is 21.9. The van der Waals surface area contributed by atoms with Crippen molar-refractivity contribution in [1.82, 2.24) is 19.7 Å². The maximum Gasteiger partial charge on any atom is 2.00 e. The second-order valence-electron chi connectivity index (χ2n) is 8.98. The fourth-order valence-corrected chi connectivity index (χ4v) is 4.60. The smallest absolute Gasteiger partial charge is 0.356 e. The summed E-state index contributed by atoms with van der Waals surface area (Å²) in [6, 6.07) is 34.0. The van der Waals surface area contributed by atoms with E-state index in [2.05, 4.69) is 49.2 Å². The number of hydrogen-bond acceptors (Lipinski definition) is 3. The molecule has 4 nitrogen and oxygen atoms in total. The second kappa shape index (κ2) is 9.40. The third-order valence-electron chi connectivity index (χ3n) is 6.44. The fourth-order valence-electron chi connectivity index (χ4n) is 4.60. The monoisotopic (exact) mass is 651 g/mol. The molecule has 0 aliphatic rings. The van der Waals surface area contributed by atoms with Gasteiger partial charge in [0.15, 0.2) is 0 Å². The van der Waals surface area contributed by atoms with Gasteiger partial charge in [-0.25, -0.2) is 0 Å². The molecule has 6 aromatic rings. The average molecular weight is 652 g/mol. The molecule has 6 rings (SSSR count). The Balaban J connectivity index is 0.00000267. The first-order chi connectivity index (χ1) is 17.0. The first-order valence-corrected chi connectivity index (χ1v) is 11.4. The van der Waals surface area contributed by atoms with E-state index in [0.717, 1.165) is 44.3 Å². The summed E-state index contributed by atoms with van der Waals surface area (Å²) in [6.07, 6.45) is 1.38. The van der Waals surface area contributed by atoms with Crippen LogP contribution in [-0.4, -0.2) is 19.7 Å². The number of aromatic nitrogens is 4. The van der Waals surface area contributed by atoms with Crippen molar-refractivity contribution in [3.05, 3.63) is 121 Å². The third-order valence-corrected chi connectivity index (χ3v) is 6.44. The van der Waals surface area contributed by atoms with Crippen LogP contribution in [0.2, 0.25) is 0 Å². The number of hydrogen-bond donors (Lipinski definition) is 0. The molecule has 0 saturated heterocycles. The van der Waals surface area contributed by atoms with E-state index in [4.69, 9.17) is 10.1 Å². The van der Waals surface area contributed by atoms with Gasteiger partial charge >= 0.3 is 21.1 Å². The van der Waals surface area contributed by atoms with E-state index in [0.29, 0.717) is 0 Å². The number of nitrogens with zero attached hydrogens (tertiary/aromatic N) is 4. The van der Waals surface area contributed by atoms with E-state index in [1.165, 1.54) is 6.20 Å². The number of pyridine rings is 2. The van der Waals surface area contributed by atoms with Gasteiger partial charge in [0.05, 0.1) is 16.6 Å². The molecule has 0 bridgehead atoms. The number of rotatable bonds is 4. The molecular weight excluding hydrogens is 630 g/mol. The van der Waals surface area contributed by atoms with Gasteiger partial charge in [-0.3, -0.25) is 9.07 Å². The molecule has 0 atom stereocenters. The molecule has 6 heteroatoms. The first kappa shape index (κ1) is 24.0. The van der Waals surface area contributed by atoms with E-state index in [1.807, 2.05) is 60.7 Å². The van der Waals surface area contributed by atoms with Gasteiger partial charge in [0.2, 0.25) is 0 Å². The van der Waals surface area contributed by atoms with Gasteiger partial charge in [0, 0.05) is 16.8 Å². The van der Waals surface area contributed by atoms with Crippen molar-refractivity contribution in [1.29, 1.82) is 0 Å². The minimum atomic E-state index is -0.614. The van der Waals surface area contributed by atoms with Gasteiger partial charge in [-0.15, -0.1) is 29.1 Å². The normalized spacial score (nSPS) is 11.5. The van der Waals surface area contributed by atoms with E-state index in [9.17, 15) is 4.39 Å². The predicted molar refractivity (Wildman–Crippen MR) is 136 cm³/mol. The van der Waals surface area contributed by atoms with Crippen molar-refractivity contribution < 1.29 is 25.5 Å². The Morgan fingerprint density at radius 1 is 0.833 bits per heavy atom. The van der Waals surface area contributed by atoms with E-state index in [-0.39, 0.29) is 26.8 Å². The summed E-state index contributed by atoms with van der Waals surface area (Å²) in [7, 11) is 0. The predicted octanol–water partition coefficient (Wildman–Crippen LogP) is 6.70. The van der Waals surface area contributed by atoms with Crippen molar-refractivity contribution >= 4 is 21.7 Å². The van der Waals surface area contributed by atoms with Crippen LogP contribution in [0.4, 0.5) is 4.39 Å². The van der Waals surface area contributed by atoms with E-state index < -0.39 is 11.4 Å².